The lowest BCUT2D eigenvalue weighted by Crippen LogP contribution is -2.43. The highest BCUT2D eigenvalue weighted by molar-refractivity contribution is 9.10. The minimum atomic E-state index is -3.46. The molecule has 4 nitrogen and oxygen atoms in total. The Morgan fingerprint density at radius 1 is 1.33 bits per heavy atom. The van der Waals surface area contributed by atoms with Crippen LogP contribution in [0.15, 0.2) is 27.6 Å². The third-order valence-electron chi connectivity index (χ3n) is 4.32. The van der Waals surface area contributed by atoms with Crippen LogP contribution in [-0.2, 0) is 10.0 Å². The van der Waals surface area contributed by atoms with Crippen LogP contribution < -0.4 is 4.72 Å². The normalized spacial score (nSPS) is 19.6. The second-order valence-corrected chi connectivity index (χ2v) is 9.00. The van der Waals surface area contributed by atoms with E-state index in [9.17, 15) is 8.42 Å². The molecular formula is C15H23BrN2O2S. The lowest BCUT2D eigenvalue weighted by atomic mass is 9.81. The van der Waals surface area contributed by atoms with Gasteiger partial charge in [0.1, 0.15) is 0 Å². The summed E-state index contributed by atoms with van der Waals surface area (Å²) in [7, 11) is -1.35. The highest BCUT2D eigenvalue weighted by Gasteiger charge is 2.30. The first kappa shape index (κ1) is 16.9. The number of nitrogens with one attached hydrogen (secondary N) is 1. The lowest BCUT2D eigenvalue weighted by molar-refractivity contribution is 0.143. The summed E-state index contributed by atoms with van der Waals surface area (Å²) in [4.78, 5) is 2.64. The van der Waals surface area contributed by atoms with Crippen LogP contribution in [0, 0.1) is 12.3 Å². The quantitative estimate of drug-likeness (QED) is 0.881. The van der Waals surface area contributed by atoms with Crippen molar-refractivity contribution in [3.05, 3.63) is 28.2 Å². The van der Waals surface area contributed by atoms with Gasteiger partial charge in [-0.1, -0.05) is 28.9 Å². The number of aryl methyl sites for hydroxylation is 1. The van der Waals surface area contributed by atoms with Gasteiger partial charge in [-0.3, -0.25) is 0 Å². The molecule has 0 radical (unpaired) electrons. The zero-order chi connectivity index (χ0) is 15.7. The summed E-state index contributed by atoms with van der Waals surface area (Å²) in [6, 6.07) is 5.33. The van der Waals surface area contributed by atoms with E-state index in [-0.39, 0.29) is 5.41 Å². The maximum atomic E-state index is 12.5. The number of benzene rings is 1. The van der Waals surface area contributed by atoms with Gasteiger partial charge in [-0.05, 0) is 63.0 Å². The van der Waals surface area contributed by atoms with Gasteiger partial charge >= 0.3 is 0 Å². The number of hydrogen-bond acceptors (Lipinski definition) is 3. The summed E-state index contributed by atoms with van der Waals surface area (Å²) in [5.41, 5.74) is 0.804. The third kappa shape index (κ3) is 4.28. The maximum Gasteiger partial charge on any atom is 0.240 e. The topological polar surface area (TPSA) is 49.4 Å². The van der Waals surface area contributed by atoms with Gasteiger partial charge in [0.25, 0.3) is 0 Å². The van der Waals surface area contributed by atoms with Crippen LogP contribution in [0.3, 0.4) is 0 Å². The van der Waals surface area contributed by atoms with Crippen molar-refractivity contribution in [1.29, 1.82) is 0 Å². The monoisotopic (exact) mass is 374 g/mol. The largest absolute Gasteiger partial charge is 0.306 e. The Morgan fingerprint density at radius 3 is 2.57 bits per heavy atom. The molecule has 0 atom stereocenters. The molecule has 2 rings (SSSR count). The van der Waals surface area contributed by atoms with Crippen molar-refractivity contribution in [3.8, 4) is 0 Å². The maximum absolute atomic E-state index is 12.5. The van der Waals surface area contributed by atoms with E-state index < -0.39 is 10.0 Å². The van der Waals surface area contributed by atoms with Gasteiger partial charge in [0.15, 0.2) is 0 Å². The highest BCUT2D eigenvalue weighted by Crippen LogP contribution is 2.30. The van der Waals surface area contributed by atoms with Gasteiger partial charge in [-0.15, -0.1) is 0 Å². The number of likely N-dealkylation sites (tertiary alicyclic amines) is 1. The SMILES string of the molecule is Cc1ccc(Br)cc1S(=O)(=O)NCC1(C)CCN(C)CC1. The second kappa shape index (κ2) is 6.36. The van der Waals surface area contributed by atoms with Crippen LogP contribution in [0.25, 0.3) is 0 Å². The first-order valence-corrected chi connectivity index (χ1v) is 9.44. The van der Waals surface area contributed by atoms with Gasteiger partial charge in [-0.2, -0.15) is 0 Å². The van der Waals surface area contributed by atoms with Crippen molar-refractivity contribution >= 4 is 26.0 Å². The first-order chi connectivity index (χ1) is 9.72. The molecule has 0 spiro atoms. The molecule has 1 aromatic rings. The van der Waals surface area contributed by atoms with E-state index in [2.05, 4.69) is 39.5 Å². The molecule has 0 amide bonds. The van der Waals surface area contributed by atoms with Crippen LogP contribution in [0.1, 0.15) is 25.3 Å². The minimum Gasteiger partial charge on any atom is -0.306 e. The first-order valence-electron chi connectivity index (χ1n) is 7.16. The fourth-order valence-corrected chi connectivity index (χ4v) is 4.53. The molecule has 1 fully saturated rings. The van der Waals surface area contributed by atoms with Crippen molar-refractivity contribution in [2.24, 2.45) is 5.41 Å². The van der Waals surface area contributed by atoms with E-state index in [0.29, 0.717) is 11.4 Å². The predicted octanol–water partition coefficient (Wildman–Crippen LogP) is 2.77. The van der Waals surface area contributed by atoms with Crippen molar-refractivity contribution in [2.75, 3.05) is 26.7 Å². The van der Waals surface area contributed by atoms with Gasteiger partial charge < -0.3 is 4.90 Å². The van der Waals surface area contributed by atoms with E-state index in [4.69, 9.17) is 0 Å². The smallest absolute Gasteiger partial charge is 0.240 e. The average molecular weight is 375 g/mol. The Kier molecular flexibility index (Phi) is 5.13. The fourth-order valence-electron chi connectivity index (χ4n) is 2.55. The van der Waals surface area contributed by atoms with Gasteiger partial charge in [0.05, 0.1) is 4.90 Å². The standard InChI is InChI=1S/C15H23BrN2O2S/c1-12-4-5-13(16)10-14(12)21(19,20)17-11-15(2)6-8-18(3)9-7-15/h4-5,10,17H,6-9,11H2,1-3H3. The average Bonchev–Trinajstić information content (AvgIpc) is 2.43. The summed E-state index contributed by atoms with van der Waals surface area (Å²) in [6.45, 7) is 6.52. The van der Waals surface area contributed by atoms with E-state index in [0.717, 1.165) is 36.0 Å². The molecule has 1 heterocycles. The zero-order valence-electron chi connectivity index (χ0n) is 12.8. The Labute approximate surface area is 136 Å². The minimum absolute atomic E-state index is 0.0412. The molecule has 0 aromatic heterocycles. The lowest BCUT2D eigenvalue weighted by Gasteiger charge is -2.37. The molecule has 1 aliphatic rings. The predicted molar refractivity (Wildman–Crippen MR) is 88.9 cm³/mol. The molecule has 0 bridgehead atoms. The molecule has 0 unspecified atom stereocenters. The third-order valence-corrected chi connectivity index (χ3v) is 6.36. The fraction of sp³-hybridized carbons (Fsp3) is 0.600. The Morgan fingerprint density at radius 2 is 1.95 bits per heavy atom. The molecule has 1 N–H and O–H groups in total. The van der Waals surface area contributed by atoms with Crippen LogP contribution in [0.4, 0.5) is 0 Å². The number of piperidine rings is 1. The molecule has 1 aromatic carbocycles. The Bertz CT molecular complexity index is 608. The number of sulfonamides is 1. The van der Waals surface area contributed by atoms with Crippen molar-refractivity contribution < 1.29 is 8.42 Å². The number of rotatable bonds is 4. The highest BCUT2D eigenvalue weighted by atomic mass is 79.9. The molecule has 21 heavy (non-hydrogen) atoms. The van der Waals surface area contributed by atoms with Crippen molar-refractivity contribution in [2.45, 2.75) is 31.6 Å². The molecule has 118 valence electrons. The molecular weight excluding hydrogens is 352 g/mol. The molecule has 1 aliphatic heterocycles. The molecule has 0 saturated carbocycles. The molecule has 1 saturated heterocycles. The summed E-state index contributed by atoms with van der Waals surface area (Å²) in [5, 5.41) is 0. The molecule has 0 aliphatic carbocycles. The zero-order valence-corrected chi connectivity index (χ0v) is 15.2. The van der Waals surface area contributed by atoms with Crippen LogP contribution in [0.5, 0.6) is 0 Å². The van der Waals surface area contributed by atoms with Gasteiger partial charge in [0, 0.05) is 11.0 Å². The van der Waals surface area contributed by atoms with E-state index in [1.165, 1.54) is 0 Å². The van der Waals surface area contributed by atoms with Crippen LogP contribution >= 0.6 is 15.9 Å². The summed E-state index contributed by atoms with van der Waals surface area (Å²) < 4.78 is 28.6. The van der Waals surface area contributed by atoms with Crippen LogP contribution in [-0.4, -0.2) is 40.0 Å². The number of halogens is 1. The summed E-state index contributed by atoms with van der Waals surface area (Å²) in [6.07, 6.45) is 2.03. The number of nitrogens with zero attached hydrogens (tertiary/aromatic N) is 1. The van der Waals surface area contributed by atoms with Gasteiger partial charge in [-0.25, -0.2) is 13.1 Å². The van der Waals surface area contributed by atoms with E-state index >= 15 is 0 Å². The summed E-state index contributed by atoms with van der Waals surface area (Å²) in [5.74, 6) is 0. The summed E-state index contributed by atoms with van der Waals surface area (Å²) >= 11 is 3.34. The van der Waals surface area contributed by atoms with Crippen molar-refractivity contribution in [3.63, 3.8) is 0 Å². The van der Waals surface area contributed by atoms with Gasteiger partial charge in [0.2, 0.25) is 10.0 Å². The Hall–Kier alpha value is -0.430. The van der Waals surface area contributed by atoms with Crippen molar-refractivity contribution in [1.82, 2.24) is 9.62 Å². The Balaban J connectivity index is 2.09. The van der Waals surface area contributed by atoms with E-state index in [1.807, 2.05) is 19.1 Å². The second-order valence-electron chi connectivity index (χ2n) is 6.35. The van der Waals surface area contributed by atoms with Crippen LogP contribution in [0.2, 0.25) is 0 Å². The molecule has 6 heteroatoms. The number of hydrogen-bond donors (Lipinski definition) is 1. The van der Waals surface area contributed by atoms with E-state index in [1.54, 1.807) is 6.07 Å².